The number of carbonyl (C=O) groups excluding carboxylic acids is 1. The summed E-state index contributed by atoms with van der Waals surface area (Å²) in [5, 5.41) is 0. The van der Waals surface area contributed by atoms with E-state index in [1.165, 1.54) is 0 Å². The Morgan fingerprint density at radius 3 is 2.71 bits per heavy atom. The van der Waals surface area contributed by atoms with Crippen molar-refractivity contribution in [1.82, 2.24) is 4.98 Å². The topological polar surface area (TPSA) is 39.2 Å². The van der Waals surface area contributed by atoms with Crippen LogP contribution in [0.25, 0.3) is 0 Å². The third kappa shape index (κ3) is 2.01. The predicted molar refractivity (Wildman–Crippen MR) is 39.4 cm³/mol. The summed E-state index contributed by atoms with van der Waals surface area (Å²) in [4.78, 5) is 14.2. The quantitative estimate of drug-likeness (QED) is 0.653. The van der Waals surface area contributed by atoms with Crippen LogP contribution in [0.4, 0.5) is 13.2 Å². The Morgan fingerprint density at radius 1 is 1.57 bits per heavy atom. The van der Waals surface area contributed by atoms with Crippen molar-refractivity contribution < 1.29 is 22.7 Å². The third-order valence-electron chi connectivity index (χ3n) is 1.48. The van der Waals surface area contributed by atoms with E-state index in [0.717, 1.165) is 13.3 Å². The van der Waals surface area contributed by atoms with Gasteiger partial charge >= 0.3 is 12.1 Å². The lowest BCUT2D eigenvalue weighted by Gasteiger charge is -2.09. The summed E-state index contributed by atoms with van der Waals surface area (Å²) in [7, 11) is 0.999. The van der Waals surface area contributed by atoms with Gasteiger partial charge in [0.25, 0.3) is 0 Å². The third-order valence-corrected chi connectivity index (χ3v) is 1.48. The molecule has 6 heteroatoms. The molecule has 0 aliphatic rings. The second-order valence-electron chi connectivity index (χ2n) is 2.35. The van der Waals surface area contributed by atoms with Gasteiger partial charge in [0.1, 0.15) is 0 Å². The van der Waals surface area contributed by atoms with Gasteiger partial charge in [-0.15, -0.1) is 0 Å². The summed E-state index contributed by atoms with van der Waals surface area (Å²) in [5.74, 6) is -1.07. The number of hydrogen-bond acceptors (Lipinski definition) is 3. The van der Waals surface area contributed by atoms with Crippen molar-refractivity contribution in [3.8, 4) is 0 Å². The van der Waals surface area contributed by atoms with Crippen LogP contribution in [0.15, 0.2) is 12.3 Å². The van der Waals surface area contributed by atoms with Crippen LogP contribution in [-0.4, -0.2) is 18.1 Å². The molecule has 3 nitrogen and oxygen atoms in total. The lowest BCUT2D eigenvalue weighted by atomic mass is 10.1. The minimum Gasteiger partial charge on any atom is -0.465 e. The summed E-state index contributed by atoms with van der Waals surface area (Å²) in [6, 6.07) is 0.603. The highest BCUT2D eigenvalue weighted by atomic mass is 19.4. The number of rotatable bonds is 1. The number of nitrogens with zero attached hydrogens (tertiary/aromatic N) is 1. The molecule has 0 saturated carbocycles. The minimum atomic E-state index is -4.61. The fourth-order valence-corrected chi connectivity index (χ4v) is 0.858. The van der Waals surface area contributed by atoms with Gasteiger partial charge in [-0.05, 0) is 6.07 Å². The monoisotopic (exact) mass is 204 g/mol. The molecule has 0 aliphatic carbocycles. The highest BCUT2D eigenvalue weighted by Crippen LogP contribution is 2.31. The number of halogens is 3. The normalized spacial score (nSPS) is 11.1. The minimum absolute atomic E-state index is 0.603. The Labute approximate surface area is 77.5 Å². The van der Waals surface area contributed by atoms with E-state index < -0.39 is 23.3 Å². The maximum absolute atomic E-state index is 12.3. The van der Waals surface area contributed by atoms with Gasteiger partial charge in [0.15, 0.2) is 0 Å². The van der Waals surface area contributed by atoms with Gasteiger partial charge in [0.2, 0.25) is 0 Å². The van der Waals surface area contributed by atoms with E-state index in [1.807, 2.05) is 6.20 Å². The molecule has 1 aromatic heterocycles. The Kier molecular flexibility index (Phi) is 2.73. The number of ether oxygens (including phenoxy) is 1. The molecule has 0 spiro atoms. The predicted octanol–water partition coefficient (Wildman–Crippen LogP) is 1.69. The van der Waals surface area contributed by atoms with E-state index in [9.17, 15) is 18.0 Å². The molecule has 0 fully saturated rings. The summed E-state index contributed by atoms with van der Waals surface area (Å²) in [6.45, 7) is 0. The molecular formula is C8H5F3NO2. The number of alkyl halides is 3. The van der Waals surface area contributed by atoms with Gasteiger partial charge in [0, 0.05) is 6.20 Å². The molecule has 0 atom stereocenters. The molecule has 1 radical (unpaired) electrons. The Bertz CT molecular complexity index is 349. The van der Waals surface area contributed by atoms with Gasteiger partial charge in [-0.1, -0.05) is 0 Å². The van der Waals surface area contributed by atoms with Gasteiger partial charge < -0.3 is 4.74 Å². The van der Waals surface area contributed by atoms with Crippen LogP contribution < -0.4 is 0 Å². The first kappa shape index (κ1) is 10.5. The van der Waals surface area contributed by atoms with E-state index in [0.29, 0.717) is 6.07 Å². The molecule has 0 saturated heterocycles. The van der Waals surface area contributed by atoms with Crippen LogP contribution in [0, 0.1) is 6.20 Å². The van der Waals surface area contributed by atoms with Crippen molar-refractivity contribution in [2.45, 2.75) is 6.18 Å². The highest BCUT2D eigenvalue weighted by molar-refractivity contribution is 5.90. The molecule has 75 valence electrons. The SMILES string of the molecule is COC(=O)c1cn[c]cc1C(F)(F)F. The van der Waals surface area contributed by atoms with Crippen LogP contribution in [0.3, 0.4) is 0 Å². The Hall–Kier alpha value is -1.59. The standard InChI is InChI=1S/C8H5F3NO2/c1-14-7(13)5-4-12-3-2-6(5)8(9,10)11/h2,4H,1H3. The first-order valence-corrected chi connectivity index (χ1v) is 3.48. The summed E-state index contributed by atoms with van der Waals surface area (Å²) >= 11 is 0. The van der Waals surface area contributed by atoms with Crippen LogP contribution >= 0.6 is 0 Å². The Morgan fingerprint density at radius 2 is 2.21 bits per heavy atom. The maximum atomic E-state index is 12.3. The lowest BCUT2D eigenvalue weighted by Crippen LogP contribution is -2.14. The molecule has 1 heterocycles. The van der Waals surface area contributed by atoms with Crippen molar-refractivity contribution in [2.24, 2.45) is 0 Å². The van der Waals surface area contributed by atoms with Crippen LogP contribution in [0.5, 0.6) is 0 Å². The van der Waals surface area contributed by atoms with Gasteiger partial charge in [-0.3, -0.25) is 4.98 Å². The average Bonchev–Trinajstić information content (AvgIpc) is 2.15. The largest absolute Gasteiger partial charge is 0.465 e. The van der Waals surface area contributed by atoms with E-state index in [2.05, 4.69) is 9.72 Å². The van der Waals surface area contributed by atoms with Gasteiger partial charge in [0.05, 0.1) is 24.4 Å². The van der Waals surface area contributed by atoms with Crippen molar-refractivity contribution in [2.75, 3.05) is 7.11 Å². The molecule has 0 N–H and O–H groups in total. The molecular weight excluding hydrogens is 199 g/mol. The molecule has 1 aromatic rings. The molecule has 0 bridgehead atoms. The smallest absolute Gasteiger partial charge is 0.417 e. The van der Waals surface area contributed by atoms with E-state index in [4.69, 9.17) is 0 Å². The number of esters is 1. The number of methoxy groups -OCH3 is 1. The van der Waals surface area contributed by atoms with Crippen molar-refractivity contribution in [3.05, 3.63) is 29.6 Å². The molecule has 0 unspecified atom stereocenters. The van der Waals surface area contributed by atoms with Crippen molar-refractivity contribution in [1.29, 1.82) is 0 Å². The molecule has 0 amide bonds. The van der Waals surface area contributed by atoms with Gasteiger partial charge in [-0.2, -0.15) is 13.2 Å². The zero-order valence-corrected chi connectivity index (χ0v) is 7.05. The second-order valence-corrected chi connectivity index (χ2v) is 2.35. The van der Waals surface area contributed by atoms with Crippen LogP contribution in [0.1, 0.15) is 15.9 Å². The van der Waals surface area contributed by atoms with Crippen molar-refractivity contribution >= 4 is 5.97 Å². The highest BCUT2D eigenvalue weighted by Gasteiger charge is 2.35. The fourth-order valence-electron chi connectivity index (χ4n) is 0.858. The van der Waals surface area contributed by atoms with E-state index in [-0.39, 0.29) is 0 Å². The second kappa shape index (κ2) is 3.65. The summed E-state index contributed by atoms with van der Waals surface area (Å²) in [5.41, 5.74) is -1.71. The average molecular weight is 204 g/mol. The molecule has 0 aliphatic heterocycles. The fraction of sp³-hybridized carbons (Fsp3) is 0.250. The van der Waals surface area contributed by atoms with Crippen molar-refractivity contribution in [3.63, 3.8) is 0 Å². The maximum Gasteiger partial charge on any atom is 0.417 e. The summed E-state index contributed by atoms with van der Waals surface area (Å²) in [6.07, 6.45) is -1.83. The number of pyridine rings is 1. The first-order valence-electron chi connectivity index (χ1n) is 3.48. The number of aromatic nitrogens is 1. The number of hydrogen-bond donors (Lipinski definition) is 0. The molecule has 0 aromatic carbocycles. The molecule has 14 heavy (non-hydrogen) atoms. The first-order chi connectivity index (χ1) is 6.46. The van der Waals surface area contributed by atoms with Gasteiger partial charge in [-0.25, -0.2) is 4.79 Å². The van der Waals surface area contributed by atoms with Crippen LogP contribution in [0.2, 0.25) is 0 Å². The van der Waals surface area contributed by atoms with E-state index >= 15 is 0 Å². The molecule has 1 rings (SSSR count). The lowest BCUT2D eigenvalue weighted by molar-refractivity contribution is -0.138. The zero-order chi connectivity index (χ0) is 10.8. The van der Waals surface area contributed by atoms with Crippen LogP contribution in [-0.2, 0) is 10.9 Å². The summed E-state index contributed by atoms with van der Waals surface area (Å²) < 4.78 is 41.0. The zero-order valence-electron chi connectivity index (χ0n) is 7.05. The Balaban J connectivity index is 3.23. The number of carbonyl (C=O) groups is 1. The van der Waals surface area contributed by atoms with E-state index in [1.54, 1.807) is 0 Å².